The van der Waals surface area contributed by atoms with Gasteiger partial charge < -0.3 is 4.74 Å². The van der Waals surface area contributed by atoms with Crippen LogP contribution in [0.5, 0.6) is 0 Å². The summed E-state index contributed by atoms with van der Waals surface area (Å²) in [7, 11) is 1.68. The molecule has 3 rings (SSSR count). The molecule has 1 aromatic carbocycles. The number of aromatic nitrogens is 5. The molecular weight excluding hydrogens is 388 g/mol. The molecule has 0 bridgehead atoms. The van der Waals surface area contributed by atoms with Gasteiger partial charge in [-0.2, -0.15) is 0 Å². The van der Waals surface area contributed by atoms with E-state index in [0.717, 1.165) is 22.0 Å². The smallest absolute Gasteiger partial charge is 0.168 e. The SMILES string of the molecule is COCCn1nnnc1[C@H](C(C)C)N(Cc1cccnc1)Cc1ccccc1Cl. The molecule has 0 unspecified atom stereocenters. The average Bonchev–Trinajstić information content (AvgIpc) is 3.16. The van der Waals surface area contributed by atoms with Crippen molar-refractivity contribution in [3.05, 3.63) is 70.8 Å². The number of rotatable bonds is 10. The topological polar surface area (TPSA) is 69.0 Å². The number of methoxy groups -OCH3 is 1. The zero-order chi connectivity index (χ0) is 20.6. The number of benzene rings is 1. The summed E-state index contributed by atoms with van der Waals surface area (Å²) in [5.41, 5.74) is 2.20. The van der Waals surface area contributed by atoms with E-state index in [1.807, 2.05) is 35.1 Å². The Morgan fingerprint density at radius 2 is 1.97 bits per heavy atom. The number of nitrogens with zero attached hydrogens (tertiary/aromatic N) is 6. The van der Waals surface area contributed by atoms with Gasteiger partial charge in [-0.15, -0.1) is 5.10 Å². The number of ether oxygens (including phenoxy) is 1. The molecular formula is C21H27ClN6O. The van der Waals surface area contributed by atoms with Crippen molar-refractivity contribution in [1.29, 1.82) is 0 Å². The fraction of sp³-hybridized carbons (Fsp3) is 0.429. The van der Waals surface area contributed by atoms with Crippen LogP contribution in [0.2, 0.25) is 5.02 Å². The van der Waals surface area contributed by atoms with Gasteiger partial charge in [-0.3, -0.25) is 9.88 Å². The van der Waals surface area contributed by atoms with Crippen molar-refractivity contribution in [3.8, 4) is 0 Å². The van der Waals surface area contributed by atoms with Crippen LogP contribution in [0.1, 0.15) is 36.8 Å². The maximum absolute atomic E-state index is 6.48. The maximum Gasteiger partial charge on any atom is 0.168 e. The number of halogens is 1. The first kappa shape index (κ1) is 21.4. The van der Waals surface area contributed by atoms with E-state index < -0.39 is 0 Å². The quantitative estimate of drug-likeness (QED) is 0.503. The van der Waals surface area contributed by atoms with Crippen molar-refractivity contribution in [2.75, 3.05) is 13.7 Å². The zero-order valence-corrected chi connectivity index (χ0v) is 17.8. The monoisotopic (exact) mass is 414 g/mol. The molecule has 2 heterocycles. The van der Waals surface area contributed by atoms with Crippen LogP contribution in [0, 0.1) is 5.92 Å². The van der Waals surface area contributed by atoms with Gasteiger partial charge in [-0.1, -0.05) is 49.7 Å². The number of pyridine rings is 1. The van der Waals surface area contributed by atoms with Crippen molar-refractivity contribution in [3.63, 3.8) is 0 Å². The van der Waals surface area contributed by atoms with Gasteiger partial charge in [0.15, 0.2) is 5.82 Å². The van der Waals surface area contributed by atoms with Gasteiger partial charge in [0.05, 0.1) is 19.2 Å². The molecule has 7 nitrogen and oxygen atoms in total. The Labute approximate surface area is 176 Å². The van der Waals surface area contributed by atoms with Crippen LogP contribution in [-0.2, 0) is 24.4 Å². The van der Waals surface area contributed by atoms with Crippen molar-refractivity contribution < 1.29 is 4.74 Å². The molecule has 2 aromatic heterocycles. The minimum absolute atomic E-state index is 0.00154. The standard InChI is InChI=1S/C21H27ClN6O/c1-16(2)20(21-24-25-26-28(21)11-12-29-3)27(14-17-7-6-10-23-13-17)15-18-8-4-5-9-19(18)22/h4-10,13,16,20H,11-12,14-15H2,1-3H3/t20-/m0/s1. The Kier molecular flexibility index (Phi) is 7.69. The number of hydrogen-bond donors (Lipinski definition) is 0. The van der Waals surface area contributed by atoms with Crippen LogP contribution in [0.25, 0.3) is 0 Å². The highest BCUT2D eigenvalue weighted by atomic mass is 35.5. The van der Waals surface area contributed by atoms with Gasteiger partial charge in [0.25, 0.3) is 0 Å². The summed E-state index contributed by atoms with van der Waals surface area (Å²) in [6.07, 6.45) is 3.68. The second kappa shape index (κ2) is 10.4. The molecule has 8 heteroatoms. The molecule has 0 fully saturated rings. The molecule has 0 radical (unpaired) electrons. The van der Waals surface area contributed by atoms with Gasteiger partial charge in [-0.25, -0.2) is 4.68 Å². The van der Waals surface area contributed by atoms with E-state index in [-0.39, 0.29) is 12.0 Å². The summed E-state index contributed by atoms with van der Waals surface area (Å²) >= 11 is 6.48. The molecule has 0 saturated carbocycles. The minimum atomic E-state index is -0.00154. The molecule has 0 N–H and O–H groups in total. The molecule has 154 valence electrons. The Bertz CT molecular complexity index is 886. The van der Waals surface area contributed by atoms with Crippen LogP contribution < -0.4 is 0 Å². The second-order valence-corrected chi connectivity index (χ2v) is 7.71. The molecule has 1 atom stereocenters. The minimum Gasteiger partial charge on any atom is -0.383 e. The molecule has 0 aliphatic rings. The van der Waals surface area contributed by atoms with Gasteiger partial charge >= 0.3 is 0 Å². The van der Waals surface area contributed by atoms with Gasteiger partial charge in [0.2, 0.25) is 0 Å². The lowest BCUT2D eigenvalue weighted by molar-refractivity contribution is 0.121. The molecule has 0 amide bonds. The Balaban J connectivity index is 1.97. The van der Waals surface area contributed by atoms with Crippen LogP contribution in [-0.4, -0.2) is 43.8 Å². The van der Waals surface area contributed by atoms with E-state index in [1.54, 1.807) is 13.3 Å². The summed E-state index contributed by atoms with van der Waals surface area (Å²) in [5, 5.41) is 13.2. The summed E-state index contributed by atoms with van der Waals surface area (Å²) in [5.74, 6) is 1.11. The van der Waals surface area contributed by atoms with Crippen molar-refractivity contribution in [2.24, 2.45) is 5.92 Å². The number of tetrazole rings is 1. The molecule has 0 aliphatic carbocycles. The highest BCUT2D eigenvalue weighted by Crippen LogP contribution is 2.31. The first-order chi connectivity index (χ1) is 14.1. The normalized spacial score (nSPS) is 12.6. The first-order valence-electron chi connectivity index (χ1n) is 9.71. The van der Waals surface area contributed by atoms with Crippen LogP contribution in [0.3, 0.4) is 0 Å². The van der Waals surface area contributed by atoms with E-state index in [2.05, 4.69) is 51.4 Å². The fourth-order valence-corrected chi connectivity index (χ4v) is 3.66. The third-order valence-corrected chi connectivity index (χ3v) is 5.16. The van der Waals surface area contributed by atoms with E-state index in [9.17, 15) is 0 Å². The molecule has 29 heavy (non-hydrogen) atoms. The van der Waals surface area contributed by atoms with Gasteiger partial charge in [0, 0.05) is 37.6 Å². The predicted octanol–water partition coefficient (Wildman–Crippen LogP) is 3.77. The van der Waals surface area contributed by atoms with E-state index in [4.69, 9.17) is 16.3 Å². The average molecular weight is 415 g/mol. The number of hydrogen-bond acceptors (Lipinski definition) is 6. The van der Waals surface area contributed by atoms with Crippen molar-refractivity contribution in [2.45, 2.75) is 39.5 Å². The lowest BCUT2D eigenvalue weighted by atomic mass is 9.99. The fourth-order valence-electron chi connectivity index (χ4n) is 3.47. The van der Waals surface area contributed by atoms with Gasteiger partial charge in [0.1, 0.15) is 0 Å². The molecule has 0 aliphatic heterocycles. The van der Waals surface area contributed by atoms with Crippen LogP contribution in [0.15, 0.2) is 48.8 Å². The van der Waals surface area contributed by atoms with Crippen molar-refractivity contribution in [1.82, 2.24) is 30.1 Å². The molecule has 0 saturated heterocycles. The van der Waals surface area contributed by atoms with Crippen molar-refractivity contribution >= 4 is 11.6 Å². The highest BCUT2D eigenvalue weighted by Gasteiger charge is 2.29. The Hall–Kier alpha value is -2.35. The summed E-state index contributed by atoms with van der Waals surface area (Å²) in [4.78, 5) is 6.63. The Morgan fingerprint density at radius 1 is 1.14 bits per heavy atom. The lowest BCUT2D eigenvalue weighted by Crippen LogP contribution is -2.34. The largest absolute Gasteiger partial charge is 0.383 e. The second-order valence-electron chi connectivity index (χ2n) is 7.30. The van der Waals surface area contributed by atoms with Gasteiger partial charge in [-0.05, 0) is 39.6 Å². The predicted molar refractivity (Wildman–Crippen MR) is 112 cm³/mol. The highest BCUT2D eigenvalue weighted by molar-refractivity contribution is 6.31. The summed E-state index contributed by atoms with van der Waals surface area (Å²) < 4.78 is 7.05. The molecule has 0 spiro atoms. The zero-order valence-electron chi connectivity index (χ0n) is 17.1. The third-order valence-electron chi connectivity index (χ3n) is 4.80. The summed E-state index contributed by atoms with van der Waals surface area (Å²) in [6.45, 7) is 6.91. The summed E-state index contributed by atoms with van der Waals surface area (Å²) in [6, 6.07) is 12.0. The van der Waals surface area contributed by atoms with E-state index in [1.165, 1.54) is 0 Å². The molecule has 3 aromatic rings. The Morgan fingerprint density at radius 3 is 2.66 bits per heavy atom. The maximum atomic E-state index is 6.48. The van der Waals surface area contributed by atoms with E-state index in [0.29, 0.717) is 26.2 Å². The third kappa shape index (κ3) is 5.59. The van der Waals surface area contributed by atoms with Crippen LogP contribution >= 0.6 is 11.6 Å². The first-order valence-corrected chi connectivity index (χ1v) is 10.1. The van der Waals surface area contributed by atoms with Crippen LogP contribution in [0.4, 0.5) is 0 Å². The van der Waals surface area contributed by atoms with E-state index >= 15 is 0 Å². The lowest BCUT2D eigenvalue weighted by Gasteiger charge is -2.34.